The minimum Gasteiger partial charge on any atom is -0.493 e. The Labute approximate surface area is 124 Å². The summed E-state index contributed by atoms with van der Waals surface area (Å²) >= 11 is 3.52. The highest BCUT2D eigenvalue weighted by Crippen LogP contribution is 2.37. The van der Waals surface area contributed by atoms with Crippen LogP contribution in [-0.4, -0.2) is 13.2 Å². The molecule has 1 saturated carbocycles. The largest absolute Gasteiger partial charge is 0.493 e. The first-order valence-corrected chi connectivity index (χ1v) is 8.14. The molecule has 0 amide bonds. The molecule has 2 rings (SSSR count). The van der Waals surface area contributed by atoms with Crippen molar-refractivity contribution in [3.05, 3.63) is 23.8 Å². The molecule has 2 unspecified atom stereocenters. The monoisotopic (exact) mass is 326 g/mol. The standard InChI is InChI=1S/C16H23BrO2/c1-11-7-12(2)9-14(8-11)19-16-13(10-17)5-4-6-15(16)18-3/h4-6,11-12,14H,7-10H2,1-3H3. The smallest absolute Gasteiger partial charge is 0.165 e. The van der Waals surface area contributed by atoms with Crippen LogP contribution in [0.4, 0.5) is 0 Å². The number of rotatable bonds is 4. The molecule has 2 atom stereocenters. The van der Waals surface area contributed by atoms with Gasteiger partial charge in [-0.3, -0.25) is 0 Å². The predicted molar refractivity (Wildman–Crippen MR) is 82.2 cm³/mol. The van der Waals surface area contributed by atoms with Gasteiger partial charge in [-0.15, -0.1) is 0 Å². The van der Waals surface area contributed by atoms with Gasteiger partial charge >= 0.3 is 0 Å². The van der Waals surface area contributed by atoms with E-state index in [2.05, 4.69) is 35.8 Å². The summed E-state index contributed by atoms with van der Waals surface area (Å²) in [4.78, 5) is 0. The first-order valence-electron chi connectivity index (χ1n) is 7.02. The third-order valence-corrected chi connectivity index (χ3v) is 4.45. The van der Waals surface area contributed by atoms with Crippen molar-refractivity contribution in [2.45, 2.75) is 44.5 Å². The number of benzene rings is 1. The molecule has 19 heavy (non-hydrogen) atoms. The van der Waals surface area contributed by atoms with Crippen LogP contribution in [0.5, 0.6) is 11.5 Å². The number of hydrogen-bond donors (Lipinski definition) is 0. The highest BCUT2D eigenvalue weighted by Gasteiger charge is 2.26. The van der Waals surface area contributed by atoms with Crippen molar-refractivity contribution in [3.8, 4) is 11.5 Å². The highest BCUT2D eigenvalue weighted by molar-refractivity contribution is 9.08. The topological polar surface area (TPSA) is 18.5 Å². The normalized spacial score (nSPS) is 27.1. The van der Waals surface area contributed by atoms with Crippen LogP contribution < -0.4 is 9.47 Å². The molecule has 1 aliphatic carbocycles. The van der Waals surface area contributed by atoms with Gasteiger partial charge in [-0.25, -0.2) is 0 Å². The highest BCUT2D eigenvalue weighted by atomic mass is 79.9. The fraction of sp³-hybridized carbons (Fsp3) is 0.625. The second-order valence-electron chi connectivity index (χ2n) is 5.74. The van der Waals surface area contributed by atoms with Crippen molar-refractivity contribution in [1.29, 1.82) is 0 Å². The fourth-order valence-corrected chi connectivity index (χ4v) is 3.54. The van der Waals surface area contributed by atoms with E-state index in [0.717, 1.165) is 47.1 Å². The minimum absolute atomic E-state index is 0.313. The quantitative estimate of drug-likeness (QED) is 0.740. The van der Waals surface area contributed by atoms with Crippen molar-refractivity contribution < 1.29 is 9.47 Å². The van der Waals surface area contributed by atoms with Crippen LogP contribution in [0, 0.1) is 11.8 Å². The molecular formula is C16H23BrO2. The first-order chi connectivity index (χ1) is 9.13. The zero-order chi connectivity index (χ0) is 13.8. The number of para-hydroxylation sites is 1. The Morgan fingerprint density at radius 3 is 2.42 bits per heavy atom. The van der Waals surface area contributed by atoms with Crippen molar-refractivity contribution in [2.24, 2.45) is 11.8 Å². The molecule has 0 aliphatic heterocycles. The molecule has 0 saturated heterocycles. The number of alkyl halides is 1. The minimum atomic E-state index is 0.313. The van der Waals surface area contributed by atoms with E-state index in [4.69, 9.17) is 9.47 Å². The van der Waals surface area contributed by atoms with E-state index in [1.807, 2.05) is 12.1 Å². The van der Waals surface area contributed by atoms with Gasteiger partial charge in [0.15, 0.2) is 11.5 Å². The molecule has 0 radical (unpaired) electrons. The van der Waals surface area contributed by atoms with E-state index in [9.17, 15) is 0 Å². The van der Waals surface area contributed by atoms with Crippen molar-refractivity contribution in [1.82, 2.24) is 0 Å². The summed E-state index contributed by atoms with van der Waals surface area (Å²) in [6.45, 7) is 4.64. The first kappa shape index (κ1) is 14.7. The van der Waals surface area contributed by atoms with Crippen LogP contribution in [0.25, 0.3) is 0 Å². The van der Waals surface area contributed by atoms with Gasteiger partial charge in [-0.1, -0.05) is 41.9 Å². The zero-order valence-corrected chi connectivity index (χ0v) is 13.6. The molecule has 1 aromatic rings. The van der Waals surface area contributed by atoms with Crippen LogP contribution in [0.2, 0.25) is 0 Å². The average molecular weight is 327 g/mol. The second kappa shape index (κ2) is 6.65. The SMILES string of the molecule is COc1cccc(CBr)c1OC1CC(C)CC(C)C1. The van der Waals surface area contributed by atoms with Gasteiger partial charge in [0.05, 0.1) is 13.2 Å². The third kappa shape index (κ3) is 3.65. The van der Waals surface area contributed by atoms with Gasteiger partial charge in [-0.05, 0) is 37.2 Å². The maximum atomic E-state index is 6.29. The Balaban J connectivity index is 2.17. The van der Waals surface area contributed by atoms with E-state index in [1.54, 1.807) is 7.11 Å². The van der Waals surface area contributed by atoms with Gasteiger partial charge in [0.2, 0.25) is 0 Å². The molecule has 1 aromatic carbocycles. The average Bonchev–Trinajstić information content (AvgIpc) is 2.37. The van der Waals surface area contributed by atoms with Gasteiger partial charge in [0.1, 0.15) is 0 Å². The van der Waals surface area contributed by atoms with Gasteiger partial charge in [-0.2, -0.15) is 0 Å². The molecule has 0 aromatic heterocycles. The van der Waals surface area contributed by atoms with E-state index in [-0.39, 0.29) is 0 Å². The summed E-state index contributed by atoms with van der Waals surface area (Å²) in [7, 11) is 1.70. The van der Waals surface area contributed by atoms with Crippen LogP contribution >= 0.6 is 15.9 Å². The molecule has 1 fully saturated rings. The fourth-order valence-electron chi connectivity index (χ4n) is 3.10. The lowest BCUT2D eigenvalue weighted by Gasteiger charge is -2.32. The van der Waals surface area contributed by atoms with Gasteiger partial charge in [0, 0.05) is 10.9 Å². The summed E-state index contributed by atoms with van der Waals surface area (Å²) in [6, 6.07) is 6.06. The van der Waals surface area contributed by atoms with Crippen LogP contribution in [0.3, 0.4) is 0 Å². The van der Waals surface area contributed by atoms with Crippen molar-refractivity contribution in [3.63, 3.8) is 0 Å². The molecule has 0 N–H and O–H groups in total. The molecule has 0 bridgehead atoms. The summed E-state index contributed by atoms with van der Waals surface area (Å²) in [6.07, 6.45) is 3.92. The Morgan fingerprint density at radius 2 is 1.84 bits per heavy atom. The van der Waals surface area contributed by atoms with Crippen LogP contribution in [-0.2, 0) is 5.33 Å². The molecular weight excluding hydrogens is 304 g/mol. The molecule has 2 nitrogen and oxygen atoms in total. The van der Waals surface area contributed by atoms with Gasteiger partial charge in [0.25, 0.3) is 0 Å². The number of ether oxygens (including phenoxy) is 2. The zero-order valence-electron chi connectivity index (χ0n) is 12.0. The molecule has 106 valence electrons. The molecule has 0 heterocycles. The van der Waals surface area contributed by atoms with E-state index in [1.165, 1.54) is 6.42 Å². The Bertz CT molecular complexity index is 387. The number of methoxy groups -OCH3 is 1. The maximum absolute atomic E-state index is 6.29. The number of hydrogen-bond acceptors (Lipinski definition) is 2. The van der Waals surface area contributed by atoms with Gasteiger partial charge < -0.3 is 9.47 Å². The number of halogens is 1. The Morgan fingerprint density at radius 1 is 1.16 bits per heavy atom. The van der Waals surface area contributed by atoms with Crippen molar-refractivity contribution >= 4 is 15.9 Å². The Kier molecular flexibility index (Phi) is 5.14. The third-order valence-electron chi connectivity index (χ3n) is 3.84. The molecule has 3 heteroatoms. The Hall–Kier alpha value is -0.700. The predicted octanol–water partition coefficient (Wildman–Crippen LogP) is 4.79. The lowest BCUT2D eigenvalue weighted by Crippen LogP contribution is -2.28. The van der Waals surface area contributed by atoms with E-state index >= 15 is 0 Å². The summed E-state index contributed by atoms with van der Waals surface area (Å²) < 4.78 is 11.7. The summed E-state index contributed by atoms with van der Waals surface area (Å²) in [5.41, 5.74) is 1.16. The maximum Gasteiger partial charge on any atom is 0.165 e. The summed E-state index contributed by atoms with van der Waals surface area (Å²) in [5, 5.41) is 0.789. The van der Waals surface area contributed by atoms with Crippen LogP contribution in [0.1, 0.15) is 38.7 Å². The van der Waals surface area contributed by atoms with Crippen LogP contribution in [0.15, 0.2) is 18.2 Å². The molecule has 1 aliphatic rings. The lowest BCUT2D eigenvalue weighted by molar-refractivity contribution is 0.0972. The lowest BCUT2D eigenvalue weighted by atomic mass is 9.82. The molecule has 0 spiro atoms. The second-order valence-corrected chi connectivity index (χ2v) is 6.30. The van der Waals surface area contributed by atoms with E-state index < -0.39 is 0 Å². The van der Waals surface area contributed by atoms with E-state index in [0.29, 0.717) is 6.10 Å². The summed E-state index contributed by atoms with van der Waals surface area (Å²) in [5.74, 6) is 3.24. The van der Waals surface area contributed by atoms with Crippen molar-refractivity contribution in [2.75, 3.05) is 7.11 Å².